The summed E-state index contributed by atoms with van der Waals surface area (Å²) in [6.45, 7) is 2.31. The highest BCUT2D eigenvalue weighted by atomic mass is 35.5. The number of aromatic nitrogens is 2. The second-order valence-corrected chi connectivity index (χ2v) is 10.4. The van der Waals surface area contributed by atoms with Gasteiger partial charge in [-0.3, -0.25) is 4.79 Å². The van der Waals surface area contributed by atoms with Crippen molar-refractivity contribution in [2.75, 3.05) is 7.11 Å². The second-order valence-electron chi connectivity index (χ2n) is 9.56. The minimum Gasteiger partial charge on any atom is -0.497 e. The largest absolute Gasteiger partial charge is 0.497 e. The monoisotopic (exact) mass is 554 g/mol. The molecule has 1 heterocycles. The summed E-state index contributed by atoms with van der Waals surface area (Å²) in [5.41, 5.74) is 3.61. The van der Waals surface area contributed by atoms with Gasteiger partial charge in [0, 0.05) is 23.2 Å². The first-order valence-electron chi connectivity index (χ1n) is 12.8. The van der Waals surface area contributed by atoms with Crippen LogP contribution in [0.3, 0.4) is 0 Å². The molecule has 0 amide bonds. The molecule has 4 nitrogen and oxygen atoms in total. The Balaban J connectivity index is 1.42. The molecule has 1 aromatic heterocycles. The maximum absolute atomic E-state index is 13.4. The number of halogens is 2. The summed E-state index contributed by atoms with van der Waals surface area (Å²) < 4.78 is 7.14. The van der Waals surface area contributed by atoms with E-state index in [0.717, 1.165) is 16.9 Å². The highest BCUT2D eigenvalue weighted by Gasteiger charge is 2.17. The third kappa shape index (κ3) is 6.25. The van der Waals surface area contributed by atoms with Crippen LogP contribution in [-0.4, -0.2) is 22.4 Å². The van der Waals surface area contributed by atoms with Crippen LogP contribution in [0.25, 0.3) is 34.2 Å². The fourth-order valence-corrected chi connectivity index (χ4v) is 5.29. The summed E-state index contributed by atoms with van der Waals surface area (Å²) in [4.78, 5) is 18.2. The number of fused-ring (bicyclic) bond motifs is 1. The molecule has 0 fully saturated rings. The van der Waals surface area contributed by atoms with Gasteiger partial charge in [0.15, 0.2) is 5.78 Å². The first kappa shape index (κ1) is 26.7. The summed E-state index contributed by atoms with van der Waals surface area (Å²) in [7, 11) is 1.64. The van der Waals surface area contributed by atoms with E-state index in [9.17, 15) is 4.79 Å². The lowest BCUT2D eigenvalue weighted by Gasteiger charge is -2.14. The quantitative estimate of drug-likeness (QED) is 0.182. The molecule has 1 atom stereocenters. The number of benzene rings is 4. The Morgan fingerprint density at radius 2 is 1.74 bits per heavy atom. The number of methoxy groups -OCH3 is 1. The van der Waals surface area contributed by atoms with E-state index in [-0.39, 0.29) is 18.2 Å². The zero-order chi connectivity index (χ0) is 27.4. The zero-order valence-corrected chi connectivity index (χ0v) is 23.3. The normalized spacial score (nSPS) is 12.2. The van der Waals surface area contributed by atoms with Crippen LogP contribution in [0, 0.1) is 0 Å². The third-order valence-electron chi connectivity index (χ3n) is 6.79. The number of rotatable bonds is 9. The first-order chi connectivity index (χ1) is 18.9. The third-order valence-corrected chi connectivity index (χ3v) is 7.34. The average molecular weight is 556 g/mol. The molecule has 0 radical (unpaired) electrons. The number of ketones is 1. The highest BCUT2D eigenvalue weighted by Crippen LogP contribution is 2.31. The van der Waals surface area contributed by atoms with Gasteiger partial charge in [-0.15, -0.1) is 0 Å². The van der Waals surface area contributed by atoms with Crippen molar-refractivity contribution < 1.29 is 9.53 Å². The van der Waals surface area contributed by atoms with Gasteiger partial charge < -0.3 is 9.30 Å². The summed E-state index contributed by atoms with van der Waals surface area (Å²) in [6, 6.07) is 27.6. The maximum Gasteiger partial charge on any atom is 0.153 e. The Morgan fingerprint density at radius 1 is 0.974 bits per heavy atom. The van der Waals surface area contributed by atoms with Crippen LogP contribution in [0.4, 0.5) is 0 Å². The molecule has 0 aliphatic heterocycles. The van der Waals surface area contributed by atoms with Gasteiger partial charge >= 0.3 is 0 Å². The molecule has 0 N–H and O–H groups in total. The van der Waals surface area contributed by atoms with Crippen molar-refractivity contribution in [3.8, 4) is 17.0 Å². The number of Topliss-reactive ketones (excluding diaryl/α,β-unsaturated/α-hetero) is 1. The van der Waals surface area contributed by atoms with Crippen molar-refractivity contribution in [3.05, 3.63) is 118 Å². The van der Waals surface area contributed by atoms with E-state index in [2.05, 4.69) is 37.3 Å². The highest BCUT2D eigenvalue weighted by molar-refractivity contribution is 6.36. The Kier molecular flexibility index (Phi) is 8.16. The summed E-state index contributed by atoms with van der Waals surface area (Å²) in [5, 5.41) is 3.43. The zero-order valence-electron chi connectivity index (χ0n) is 21.8. The predicted molar refractivity (Wildman–Crippen MR) is 162 cm³/mol. The molecule has 196 valence electrons. The van der Waals surface area contributed by atoms with Crippen LogP contribution in [0.1, 0.15) is 36.2 Å². The van der Waals surface area contributed by atoms with Crippen molar-refractivity contribution in [2.24, 2.45) is 0 Å². The molecule has 5 rings (SSSR count). The topological polar surface area (TPSA) is 44.1 Å². The standard InChI is InChI=1S/C33H28Cl2N2O2/c1-22(28-9-5-7-24-6-3-4-8-29(24)28)18-26(38)20-37-21-32(30-16-13-25(34)19-31(30)35)36-33(37)17-12-23-10-14-27(39-2)15-11-23/h3-17,19,21-22H,18,20H2,1-2H3/b17-12+. The Labute approximate surface area is 238 Å². The van der Waals surface area contributed by atoms with Crippen molar-refractivity contribution in [1.29, 1.82) is 0 Å². The van der Waals surface area contributed by atoms with Crippen LogP contribution in [-0.2, 0) is 11.3 Å². The predicted octanol–water partition coefficient (Wildman–Crippen LogP) is 8.95. The summed E-state index contributed by atoms with van der Waals surface area (Å²) in [6.07, 6.45) is 6.18. The van der Waals surface area contributed by atoms with Gasteiger partial charge in [-0.2, -0.15) is 0 Å². The summed E-state index contributed by atoms with van der Waals surface area (Å²) in [5.74, 6) is 1.66. The molecule has 5 aromatic rings. The van der Waals surface area contributed by atoms with Crippen LogP contribution < -0.4 is 4.74 Å². The molecule has 39 heavy (non-hydrogen) atoms. The van der Waals surface area contributed by atoms with Crippen molar-refractivity contribution in [1.82, 2.24) is 9.55 Å². The number of carbonyl (C=O) groups is 1. The molecular weight excluding hydrogens is 527 g/mol. The van der Waals surface area contributed by atoms with E-state index in [0.29, 0.717) is 28.0 Å². The van der Waals surface area contributed by atoms with Gasteiger partial charge in [0.1, 0.15) is 11.6 Å². The van der Waals surface area contributed by atoms with Crippen LogP contribution >= 0.6 is 23.2 Å². The first-order valence-corrected chi connectivity index (χ1v) is 13.5. The molecule has 0 aliphatic rings. The Morgan fingerprint density at radius 3 is 2.51 bits per heavy atom. The minimum atomic E-state index is 0.0793. The van der Waals surface area contributed by atoms with E-state index < -0.39 is 0 Å². The van der Waals surface area contributed by atoms with E-state index >= 15 is 0 Å². The van der Waals surface area contributed by atoms with E-state index in [1.807, 2.05) is 65.4 Å². The van der Waals surface area contributed by atoms with Gasteiger partial charge in [-0.05, 0) is 64.2 Å². The number of hydrogen-bond donors (Lipinski definition) is 0. The van der Waals surface area contributed by atoms with Crippen molar-refractivity contribution in [2.45, 2.75) is 25.8 Å². The maximum atomic E-state index is 13.4. The number of hydrogen-bond acceptors (Lipinski definition) is 3. The van der Waals surface area contributed by atoms with Crippen LogP contribution in [0.5, 0.6) is 5.75 Å². The van der Waals surface area contributed by atoms with Gasteiger partial charge in [0.05, 0.1) is 24.4 Å². The lowest BCUT2D eigenvalue weighted by molar-refractivity contribution is -0.119. The lowest BCUT2D eigenvalue weighted by Crippen LogP contribution is -2.13. The molecule has 6 heteroatoms. The van der Waals surface area contributed by atoms with Crippen molar-refractivity contribution in [3.63, 3.8) is 0 Å². The minimum absolute atomic E-state index is 0.0793. The van der Waals surface area contributed by atoms with Crippen LogP contribution in [0.15, 0.2) is 91.1 Å². The lowest BCUT2D eigenvalue weighted by atomic mass is 9.91. The number of carbonyl (C=O) groups excluding carboxylic acids is 1. The second kappa shape index (κ2) is 11.9. The summed E-state index contributed by atoms with van der Waals surface area (Å²) >= 11 is 12.6. The van der Waals surface area contributed by atoms with Gasteiger partial charge in [0.2, 0.25) is 0 Å². The fraction of sp³-hybridized carbons (Fsp3) is 0.152. The van der Waals surface area contributed by atoms with E-state index in [4.69, 9.17) is 32.9 Å². The Bertz CT molecular complexity index is 1650. The van der Waals surface area contributed by atoms with E-state index in [1.54, 1.807) is 19.2 Å². The van der Waals surface area contributed by atoms with Crippen LogP contribution in [0.2, 0.25) is 10.0 Å². The molecular formula is C33H28Cl2N2O2. The van der Waals surface area contributed by atoms with Gasteiger partial charge in [0.25, 0.3) is 0 Å². The molecule has 0 saturated carbocycles. The fourth-order valence-electron chi connectivity index (χ4n) is 4.79. The molecule has 0 bridgehead atoms. The Hall–Kier alpha value is -3.86. The van der Waals surface area contributed by atoms with Gasteiger partial charge in [-0.1, -0.05) is 90.8 Å². The molecule has 0 spiro atoms. The van der Waals surface area contributed by atoms with E-state index in [1.165, 1.54) is 16.3 Å². The number of nitrogens with zero attached hydrogens (tertiary/aromatic N) is 2. The molecule has 0 aliphatic carbocycles. The SMILES string of the molecule is COc1ccc(/C=C/c2nc(-c3ccc(Cl)cc3Cl)cn2CC(=O)CC(C)c2cccc3ccccc23)cc1. The molecule has 4 aromatic carbocycles. The van der Waals surface area contributed by atoms with Gasteiger partial charge in [-0.25, -0.2) is 4.98 Å². The number of ether oxygens (including phenoxy) is 1. The number of imidazole rings is 1. The van der Waals surface area contributed by atoms with Crippen molar-refractivity contribution >= 4 is 51.9 Å². The molecule has 1 unspecified atom stereocenters. The smallest absolute Gasteiger partial charge is 0.153 e. The molecule has 0 saturated heterocycles. The average Bonchev–Trinajstić information content (AvgIpc) is 3.33.